The highest BCUT2D eigenvalue weighted by Gasteiger charge is 2.10. The lowest BCUT2D eigenvalue weighted by Crippen LogP contribution is -2.33. The average molecular weight is 408 g/mol. The van der Waals surface area contributed by atoms with E-state index in [0.717, 1.165) is 32.9 Å². The van der Waals surface area contributed by atoms with Gasteiger partial charge in [0, 0.05) is 23.9 Å². The van der Waals surface area contributed by atoms with Gasteiger partial charge in [0.2, 0.25) is 11.8 Å². The number of nitrogens with one attached hydrogen (secondary N) is 2. The Hall–Kier alpha value is -3.03. The van der Waals surface area contributed by atoms with Crippen molar-refractivity contribution in [1.82, 2.24) is 25.4 Å². The van der Waals surface area contributed by atoms with E-state index in [9.17, 15) is 9.59 Å². The molecule has 7 nitrogen and oxygen atoms in total. The lowest BCUT2D eigenvalue weighted by atomic mass is 10.0. The maximum Gasteiger partial charge on any atom is 0.234 e. The van der Waals surface area contributed by atoms with Crippen molar-refractivity contribution >= 4 is 33.6 Å². The molecule has 1 aromatic heterocycles. The summed E-state index contributed by atoms with van der Waals surface area (Å²) in [5, 5.41) is 7.97. The van der Waals surface area contributed by atoms with Crippen molar-refractivity contribution in [2.75, 3.05) is 41.3 Å². The minimum Gasteiger partial charge on any atom is -0.351 e. The Labute approximate surface area is 177 Å². The third-order valence-corrected chi connectivity index (χ3v) is 4.71. The van der Waals surface area contributed by atoms with Crippen molar-refractivity contribution in [3.63, 3.8) is 0 Å². The number of nitrogens with zero attached hydrogens (tertiary/aromatic N) is 3. The summed E-state index contributed by atoms with van der Waals surface area (Å²) in [5.74, 6) is -0.0517. The van der Waals surface area contributed by atoms with Crippen LogP contribution in [0.4, 0.5) is 0 Å². The van der Waals surface area contributed by atoms with Crippen LogP contribution in [0, 0.1) is 0 Å². The molecule has 0 fully saturated rings. The van der Waals surface area contributed by atoms with Crippen molar-refractivity contribution in [3.8, 4) is 0 Å². The van der Waals surface area contributed by atoms with Gasteiger partial charge in [-0.25, -0.2) is 4.98 Å². The van der Waals surface area contributed by atoms with E-state index in [0.29, 0.717) is 26.2 Å². The largest absolute Gasteiger partial charge is 0.351 e. The van der Waals surface area contributed by atoms with Gasteiger partial charge in [-0.3, -0.25) is 9.59 Å². The number of hydrogen-bond acceptors (Lipinski definition) is 5. The molecule has 2 aromatic carbocycles. The van der Waals surface area contributed by atoms with Gasteiger partial charge in [0.15, 0.2) is 0 Å². The van der Waals surface area contributed by atoms with Crippen LogP contribution >= 0.6 is 0 Å². The van der Waals surface area contributed by atoms with E-state index in [1.807, 2.05) is 74.4 Å². The van der Waals surface area contributed by atoms with Gasteiger partial charge in [-0.2, -0.15) is 0 Å². The SMILES string of the molecule is CN(C)CC(=O)NCc1cccc2cc3cccc(CNC(=O)CN(C)C)c3nc12. The van der Waals surface area contributed by atoms with Gasteiger partial charge in [-0.15, -0.1) is 0 Å². The number of likely N-dealkylation sites (N-methyl/N-ethyl adjacent to an activating group) is 2. The molecule has 7 heteroatoms. The summed E-state index contributed by atoms with van der Waals surface area (Å²) in [6.07, 6.45) is 0. The topological polar surface area (TPSA) is 77.6 Å². The maximum absolute atomic E-state index is 12.0. The molecule has 3 aromatic rings. The Kier molecular flexibility index (Phi) is 6.97. The van der Waals surface area contributed by atoms with Crippen LogP contribution in [0.1, 0.15) is 11.1 Å². The monoisotopic (exact) mass is 407 g/mol. The minimum absolute atomic E-state index is 0.0258. The molecule has 2 amide bonds. The van der Waals surface area contributed by atoms with E-state index in [1.54, 1.807) is 0 Å². The van der Waals surface area contributed by atoms with Crippen molar-refractivity contribution in [1.29, 1.82) is 0 Å². The van der Waals surface area contributed by atoms with Crippen molar-refractivity contribution in [2.24, 2.45) is 0 Å². The molecule has 1 heterocycles. The molecule has 0 aliphatic rings. The number of para-hydroxylation sites is 2. The van der Waals surface area contributed by atoms with Crippen LogP contribution in [-0.4, -0.2) is 67.9 Å². The number of aromatic nitrogens is 1. The smallest absolute Gasteiger partial charge is 0.234 e. The van der Waals surface area contributed by atoms with Gasteiger partial charge in [-0.05, 0) is 45.4 Å². The summed E-state index contributed by atoms with van der Waals surface area (Å²) in [6, 6.07) is 14.1. The Balaban J connectivity index is 1.89. The molecule has 0 radical (unpaired) electrons. The van der Waals surface area contributed by atoms with Gasteiger partial charge in [0.1, 0.15) is 0 Å². The number of rotatable bonds is 8. The van der Waals surface area contributed by atoms with E-state index in [-0.39, 0.29) is 11.8 Å². The van der Waals surface area contributed by atoms with E-state index in [4.69, 9.17) is 4.98 Å². The number of amides is 2. The molecule has 3 rings (SSSR count). The summed E-state index contributed by atoms with van der Waals surface area (Å²) in [7, 11) is 7.46. The molecule has 0 spiro atoms. The number of carbonyl (C=O) groups excluding carboxylic acids is 2. The van der Waals surface area contributed by atoms with Gasteiger partial charge in [0.25, 0.3) is 0 Å². The van der Waals surface area contributed by atoms with Crippen LogP contribution in [0.15, 0.2) is 42.5 Å². The summed E-state index contributed by atoms with van der Waals surface area (Å²) < 4.78 is 0. The fourth-order valence-electron chi connectivity index (χ4n) is 3.37. The number of benzene rings is 2. The molecule has 0 saturated carbocycles. The van der Waals surface area contributed by atoms with E-state index in [1.165, 1.54) is 0 Å². The summed E-state index contributed by atoms with van der Waals surface area (Å²) in [4.78, 5) is 32.7. The minimum atomic E-state index is -0.0258. The first-order valence-electron chi connectivity index (χ1n) is 9.96. The average Bonchev–Trinajstić information content (AvgIpc) is 2.68. The normalized spacial score (nSPS) is 11.4. The van der Waals surface area contributed by atoms with Crippen LogP contribution in [0.25, 0.3) is 21.8 Å². The Morgan fingerprint density at radius 3 is 1.60 bits per heavy atom. The summed E-state index contributed by atoms with van der Waals surface area (Å²) in [6.45, 7) is 1.53. The molecule has 0 bridgehead atoms. The zero-order valence-corrected chi connectivity index (χ0v) is 18.0. The van der Waals surface area contributed by atoms with Gasteiger partial charge in [0.05, 0.1) is 24.1 Å². The highest BCUT2D eigenvalue weighted by molar-refractivity contribution is 5.95. The highest BCUT2D eigenvalue weighted by atomic mass is 16.2. The second-order valence-electron chi connectivity index (χ2n) is 8.00. The van der Waals surface area contributed by atoms with Crippen molar-refractivity contribution in [3.05, 3.63) is 53.6 Å². The fraction of sp³-hybridized carbons (Fsp3) is 0.348. The maximum atomic E-state index is 12.0. The molecule has 2 N–H and O–H groups in total. The molecular formula is C23H29N5O2. The summed E-state index contributed by atoms with van der Waals surface area (Å²) >= 11 is 0. The summed E-state index contributed by atoms with van der Waals surface area (Å²) in [5.41, 5.74) is 3.66. The quantitative estimate of drug-likeness (QED) is 0.556. The first-order chi connectivity index (χ1) is 14.3. The standard InChI is InChI=1S/C23H29N5O2/c1-27(2)14-20(29)24-12-18-9-5-7-16-11-17-8-6-10-19(23(17)26-22(16)18)13-25-21(30)15-28(3)4/h5-11H,12-15H2,1-4H3,(H,24,29)(H,25,30). The van der Waals surface area contributed by atoms with Crippen LogP contribution in [-0.2, 0) is 22.7 Å². The molecule has 30 heavy (non-hydrogen) atoms. The third-order valence-electron chi connectivity index (χ3n) is 4.71. The van der Waals surface area contributed by atoms with Crippen LogP contribution in [0.2, 0.25) is 0 Å². The number of carbonyl (C=O) groups is 2. The molecule has 0 atom stereocenters. The second kappa shape index (κ2) is 9.65. The molecule has 0 aliphatic heterocycles. The Morgan fingerprint density at radius 2 is 1.20 bits per heavy atom. The molecule has 0 aliphatic carbocycles. The van der Waals surface area contributed by atoms with Crippen molar-refractivity contribution in [2.45, 2.75) is 13.1 Å². The molecule has 158 valence electrons. The van der Waals surface area contributed by atoms with Gasteiger partial charge < -0.3 is 20.4 Å². The lowest BCUT2D eigenvalue weighted by Gasteiger charge is -2.13. The van der Waals surface area contributed by atoms with Crippen LogP contribution in [0.5, 0.6) is 0 Å². The fourth-order valence-corrected chi connectivity index (χ4v) is 3.37. The highest BCUT2D eigenvalue weighted by Crippen LogP contribution is 2.24. The van der Waals surface area contributed by atoms with Crippen LogP contribution < -0.4 is 10.6 Å². The van der Waals surface area contributed by atoms with Gasteiger partial charge in [-0.1, -0.05) is 36.4 Å². The lowest BCUT2D eigenvalue weighted by molar-refractivity contribution is -0.122. The Bertz CT molecular complexity index is 981. The molecule has 0 saturated heterocycles. The van der Waals surface area contributed by atoms with E-state index >= 15 is 0 Å². The van der Waals surface area contributed by atoms with E-state index < -0.39 is 0 Å². The third kappa shape index (κ3) is 5.52. The van der Waals surface area contributed by atoms with Crippen LogP contribution in [0.3, 0.4) is 0 Å². The number of pyridine rings is 1. The second-order valence-corrected chi connectivity index (χ2v) is 8.00. The number of hydrogen-bond donors (Lipinski definition) is 2. The first kappa shape index (κ1) is 21.7. The Morgan fingerprint density at radius 1 is 0.767 bits per heavy atom. The van der Waals surface area contributed by atoms with Gasteiger partial charge >= 0.3 is 0 Å². The zero-order chi connectivity index (χ0) is 21.7. The molecular weight excluding hydrogens is 378 g/mol. The zero-order valence-electron chi connectivity index (χ0n) is 18.0. The van der Waals surface area contributed by atoms with Crippen molar-refractivity contribution < 1.29 is 9.59 Å². The first-order valence-corrected chi connectivity index (χ1v) is 9.96. The number of fused-ring (bicyclic) bond motifs is 2. The molecule has 0 unspecified atom stereocenters. The predicted molar refractivity (Wildman–Crippen MR) is 120 cm³/mol. The predicted octanol–water partition coefficient (Wildman–Crippen LogP) is 1.74. The van der Waals surface area contributed by atoms with E-state index in [2.05, 4.69) is 16.7 Å².